The summed E-state index contributed by atoms with van der Waals surface area (Å²) in [5.41, 5.74) is 0.963. The van der Waals surface area contributed by atoms with Gasteiger partial charge < -0.3 is 10.2 Å². The minimum Gasteiger partial charge on any atom is -0.351 e. The van der Waals surface area contributed by atoms with Crippen molar-refractivity contribution in [2.45, 2.75) is 31.7 Å². The van der Waals surface area contributed by atoms with E-state index in [1.54, 1.807) is 30.6 Å². The summed E-state index contributed by atoms with van der Waals surface area (Å²) in [6, 6.07) is 8.46. The molecule has 1 N–H and O–H groups in total. The van der Waals surface area contributed by atoms with Crippen LogP contribution in [0.25, 0.3) is 0 Å². The van der Waals surface area contributed by atoms with Crippen molar-refractivity contribution in [1.29, 1.82) is 0 Å². The summed E-state index contributed by atoms with van der Waals surface area (Å²) in [6.07, 6.45) is 6.84. The van der Waals surface area contributed by atoms with E-state index in [0.717, 1.165) is 37.9 Å². The Balaban J connectivity index is 1.29. The number of likely N-dealkylation sites (tertiary alicyclic amines) is 1. The van der Waals surface area contributed by atoms with Crippen LogP contribution in [-0.2, 0) is 11.2 Å². The lowest BCUT2D eigenvalue weighted by Crippen LogP contribution is -2.47. The van der Waals surface area contributed by atoms with Gasteiger partial charge in [-0.2, -0.15) is 0 Å². The van der Waals surface area contributed by atoms with Gasteiger partial charge in [0.15, 0.2) is 0 Å². The van der Waals surface area contributed by atoms with Crippen LogP contribution in [0.5, 0.6) is 0 Å². The lowest BCUT2D eigenvalue weighted by atomic mass is 9.65. The second-order valence-corrected chi connectivity index (χ2v) is 7.19. The zero-order chi connectivity index (χ0) is 17.3. The third-order valence-electron chi connectivity index (χ3n) is 5.29. The SMILES string of the molecule is O=C(Cc1cccc(F)c1)N1CCC2(CC(Nc3ncccn3)C2)C1. The summed E-state index contributed by atoms with van der Waals surface area (Å²) < 4.78 is 13.3. The molecule has 0 radical (unpaired) electrons. The number of halogens is 1. The molecule has 1 aliphatic heterocycles. The van der Waals surface area contributed by atoms with Gasteiger partial charge in [-0.15, -0.1) is 0 Å². The Morgan fingerprint density at radius 1 is 1.28 bits per heavy atom. The molecule has 0 bridgehead atoms. The number of nitrogens with one attached hydrogen (secondary N) is 1. The van der Waals surface area contributed by atoms with Crippen LogP contribution in [0.2, 0.25) is 0 Å². The van der Waals surface area contributed by atoms with Crippen LogP contribution in [0, 0.1) is 11.2 Å². The van der Waals surface area contributed by atoms with E-state index >= 15 is 0 Å². The molecule has 130 valence electrons. The molecule has 5 nitrogen and oxygen atoms in total. The Kier molecular flexibility index (Phi) is 4.11. The first-order valence-electron chi connectivity index (χ1n) is 8.68. The van der Waals surface area contributed by atoms with Crippen LogP contribution in [0.1, 0.15) is 24.8 Å². The van der Waals surface area contributed by atoms with Crippen molar-refractivity contribution in [3.63, 3.8) is 0 Å². The van der Waals surface area contributed by atoms with Gasteiger partial charge in [-0.25, -0.2) is 14.4 Å². The molecular weight excluding hydrogens is 319 g/mol. The lowest BCUT2D eigenvalue weighted by molar-refractivity contribution is -0.130. The van der Waals surface area contributed by atoms with Crippen LogP contribution in [0.15, 0.2) is 42.7 Å². The van der Waals surface area contributed by atoms with Crippen LogP contribution in [0.3, 0.4) is 0 Å². The smallest absolute Gasteiger partial charge is 0.227 e. The fraction of sp³-hybridized carbons (Fsp3) is 0.421. The molecule has 1 aromatic heterocycles. The van der Waals surface area contributed by atoms with Gasteiger partial charge in [-0.1, -0.05) is 12.1 Å². The number of rotatable bonds is 4. The van der Waals surface area contributed by atoms with E-state index < -0.39 is 0 Å². The Morgan fingerprint density at radius 2 is 2.08 bits per heavy atom. The summed E-state index contributed by atoms with van der Waals surface area (Å²) in [4.78, 5) is 22.8. The number of hydrogen-bond donors (Lipinski definition) is 1. The first kappa shape index (κ1) is 16.0. The first-order chi connectivity index (χ1) is 12.1. The highest BCUT2D eigenvalue weighted by atomic mass is 19.1. The van der Waals surface area contributed by atoms with Crippen molar-refractivity contribution in [3.8, 4) is 0 Å². The molecule has 2 aliphatic rings. The van der Waals surface area contributed by atoms with Crippen molar-refractivity contribution in [1.82, 2.24) is 14.9 Å². The predicted octanol–water partition coefficient (Wildman–Crippen LogP) is 2.65. The van der Waals surface area contributed by atoms with E-state index in [-0.39, 0.29) is 23.6 Å². The van der Waals surface area contributed by atoms with Gasteiger partial charge in [0.1, 0.15) is 5.82 Å². The average molecular weight is 340 g/mol. The molecule has 4 rings (SSSR count). The number of anilines is 1. The highest BCUT2D eigenvalue weighted by Gasteiger charge is 2.49. The van der Waals surface area contributed by atoms with Crippen molar-refractivity contribution in [2.24, 2.45) is 5.41 Å². The highest BCUT2D eigenvalue weighted by molar-refractivity contribution is 5.79. The van der Waals surface area contributed by atoms with Crippen LogP contribution < -0.4 is 5.32 Å². The first-order valence-corrected chi connectivity index (χ1v) is 8.68. The Hall–Kier alpha value is -2.50. The van der Waals surface area contributed by atoms with Gasteiger partial charge in [-0.3, -0.25) is 4.79 Å². The molecule has 1 saturated carbocycles. The fourth-order valence-corrected chi connectivity index (χ4v) is 4.06. The third-order valence-corrected chi connectivity index (χ3v) is 5.29. The number of carbonyl (C=O) groups is 1. The highest BCUT2D eigenvalue weighted by Crippen LogP contribution is 2.49. The molecule has 1 aromatic carbocycles. The second kappa shape index (κ2) is 6.43. The molecule has 0 unspecified atom stereocenters. The molecule has 6 heteroatoms. The van der Waals surface area contributed by atoms with E-state index in [1.165, 1.54) is 12.1 Å². The molecular formula is C19H21FN4O. The minimum absolute atomic E-state index is 0.0882. The number of aromatic nitrogens is 2. The topological polar surface area (TPSA) is 58.1 Å². The van der Waals surface area contributed by atoms with Crippen molar-refractivity contribution in [3.05, 3.63) is 54.1 Å². The normalized spacial score (nSPS) is 25.0. The van der Waals surface area contributed by atoms with Gasteiger partial charge >= 0.3 is 0 Å². The molecule has 1 saturated heterocycles. The molecule has 2 fully saturated rings. The molecule has 1 spiro atoms. The van der Waals surface area contributed by atoms with Gasteiger partial charge in [-0.05, 0) is 48.4 Å². The Labute approximate surface area is 146 Å². The van der Waals surface area contributed by atoms with E-state index in [2.05, 4.69) is 15.3 Å². The van der Waals surface area contributed by atoms with E-state index in [1.807, 2.05) is 4.90 Å². The van der Waals surface area contributed by atoms with E-state index in [4.69, 9.17) is 0 Å². The maximum Gasteiger partial charge on any atom is 0.227 e. The number of hydrogen-bond acceptors (Lipinski definition) is 4. The minimum atomic E-state index is -0.292. The maximum atomic E-state index is 13.3. The quantitative estimate of drug-likeness (QED) is 0.930. The fourth-order valence-electron chi connectivity index (χ4n) is 4.06. The second-order valence-electron chi connectivity index (χ2n) is 7.19. The van der Waals surface area contributed by atoms with Crippen molar-refractivity contribution in [2.75, 3.05) is 18.4 Å². The predicted molar refractivity (Wildman–Crippen MR) is 92.4 cm³/mol. The van der Waals surface area contributed by atoms with E-state index in [0.29, 0.717) is 12.0 Å². The number of benzene rings is 1. The van der Waals surface area contributed by atoms with Gasteiger partial charge in [0.25, 0.3) is 0 Å². The molecule has 25 heavy (non-hydrogen) atoms. The lowest BCUT2D eigenvalue weighted by Gasteiger charge is -2.45. The number of nitrogens with zero attached hydrogens (tertiary/aromatic N) is 3. The van der Waals surface area contributed by atoms with E-state index in [9.17, 15) is 9.18 Å². The van der Waals surface area contributed by atoms with Crippen LogP contribution in [0.4, 0.5) is 10.3 Å². The van der Waals surface area contributed by atoms with Crippen molar-refractivity contribution >= 4 is 11.9 Å². The maximum absolute atomic E-state index is 13.3. The third kappa shape index (κ3) is 3.48. The van der Waals surface area contributed by atoms with Crippen LogP contribution >= 0.6 is 0 Å². The summed E-state index contributed by atoms with van der Waals surface area (Å²) in [6.45, 7) is 1.59. The van der Waals surface area contributed by atoms with Gasteiger partial charge in [0.2, 0.25) is 11.9 Å². The zero-order valence-corrected chi connectivity index (χ0v) is 14.0. The number of amides is 1. The van der Waals surface area contributed by atoms with Crippen LogP contribution in [-0.4, -0.2) is 39.9 Å². The monoisotopic (exact) mass is 340 g/mol. The zero-order valence-electron chi connectivity index (χ0n) is 14.0. The van der Waals surface area contributed by atoms with Crippen molar-refractivity contribution < 1.29 is 9.18 Å². The average Bonchev–Trinajstić information content (AvgIpc) is 3.01. The molecule has 1 amide bonds. The Morgan fingerprint density at radius 3 is 2.84 bits per heavy atom. The largest absolute Gasteiger partial charge is 0.351 e. The molecule has 2 heterocycles. The summed E-state index contributed by atoms with van der Waals surface area (Å²) in [5.74, 6) is 0.462. The molecule has 1 aliphatic carbocycles. The standard InChI is InChI=1S/C19H21FN4O/c20-15-4-1-3-14(9-15)10-17(25)24-8-5-19(13-24)11-16(12-19)23-18-21-6-2-7-22-18/h1-4,6-7,9,16H,5,8,10-13H2,(H,21,22,23). The molecule has 0 atom stereocenters. The summed E-state index contributed by atoms with van der Waals surface area (Å²) >= 11 is 0. The number of carbonyl (C=O) groups excluding carboxylic acids is 1. The van der Waals surface area contributed by atoms with Gasteiger partial charge in [0, 0.05) is 31.5 Å². The Bertz CT molecular complexity index is 761. The van der Waals surface area contributed by atoms with Gasteiger partial charge in [0.05, 0.1) is 6.42 Å². The summed E-state index contributed by atoms with van der Waals surface area (Å²) in [5, 5.41) is 3.35. The summed E-state index contributed by atoms with van der Waals surface area (Å²) in [7, 11) is 0. The molecule has 2 aromatic rings.